The van der Waals surface area contributed by atoms with E-state index in [2.05, 4.69) is 41.4 Å². The first-order valence-corrected chi connectivity index (χ1v) is 7.23. The largest absolute Gasteiger partial charge is 0.388 e. The fourth-order valence-electron chi connectivity index (χ4n) is 2.34. The summed E-state index contributed by atoms with van der Waals surface area (Å²) in [7, 11) is 0. The minimum atomic E-state index is -0.522. The number of aryl methyl sites for hydroxylation is 3. The van der Waals surface area contributed by atoms with Crippen molar-refractivity contribution in [1.82, 2.24) is 10.2 Å². The van der Waals surface area contributed by atoms with Gasteiger partial charge in [0.15, 0.2) is 0 Å². The van der Waals surface area contributed by atoms with Crippen molar-refractivity contribution in [3.63, 3.8) is 0 Å². The van der Waals surface area contributed by atoms with Crippen molar-refractivity contribution >= 4 is 0 Å². The fourth-order valence-corrected chi connectivity index (χ4v) is 2.34. The van der Waals surface area contributed by atoms with Crippen LogP contribution in [0.15, 0.2) is 30.3 Å². The maximum absolute atomic E-state index is 10.5. The van der Waals surface area contributed by atoms with Gasteiger partial charge in [0.1, 0.15) is 0 Å². The van der Waals surface area contributed by atoms with Crippen LogP contribution in [-0.4, -0.2) is 15.3 Å². The van der Waals surface area contributed by atoms with E-state index < -0.39 is 6.10 Å². The Kier molecular flexibility index (Phi) is 4.85. The van der Waals surface area contributed by atoms with Crippen LogP contribution in [0.4, 0.5) is 0 Å². The van der Waals surface area contributed by atoms with Gasteiger partial charge in [-0.2, -0.15) is 10.2 Å². The number of hydrogen-bond donors (Lipinski definition) is 1. The first-order valence-electron chi connectivity index (χ1n) is 7.23. The highest BCUT2D eigenvalue weighted by Gasteiger charge is 2.14. The van der Waals surface area contributed by atoms with Crippen molar-refractivity contribution in [2.45, 2.75) is 46.1 Å². The minimum Gasteiger partial charge on any atom is -0.388 e. The topological polar surface area (TPSA) is 46.0 Å². The molecule has 0 aliphatic carbocycles. The Bertz CT molecular complexity index is 564. The molecule has 1 aromatic carbocycles. The van der Waals surface area contributed by atoms with Gasteiger partial charge in [0, 0.05) is 12.0 Å². The molecule has 0 bridgehead atoms. The lowest BCUT2D eigenvalue weighted by atomic mass is 9.98. The average Bonchev–Trinajstić information content (AvgIpc) is 2.48. The number of aliphatic hydroxyl groups is 1. The summed E-state index contributed by atoms with van der Waals surface area (Å²) in [5, 5.41) is 18.7. The van der Waals surface area contributed by atoms with Gasteiger partial charge in [-0.25, -0.2) is 0 Å². The molecule has 2 aromatic rings. The summed E-state index contributed by atoms with van der Waals surface area (Å²) >= 11 is 0. The summed E-state index contributed by atoms with van der Waals surface area (Å²) in [5.41, 5.74) is 5.09. The molecule has 0 radical (unpaired) electrons. The van der Waals surface area contributed by atoms with Crippen LogP contribution in [0.2, 0.25) is 0 Å². The first-order chi connectivity index (χ1) is 9.63. The van der Waals surface area contributed by atoms with Gasteiger partial charge in [0.25, 0.3) is 0 Å². The molecule has 0 fully saturated rings. The van der Waals surface area contributed by atoms with Gasteiger partial charge in [-0.1, -0.05) is 38.1 Å². The number of hydrogen-bond acceptors (Lipinski definition) is 3. The van der Waals surface area contributed by atoms with Crippen LogP contribution in [0.1, 0.15) is 48.0 Å². The van der Waals surface area contributed by atoms with E-state index in [9.17, 15) is 5.11 Å². The molecular weight excluding hydrogens is 248 g/mol. The van der Waals surface area contributed by atoms with Crippen molar-refractivity contribution in [3.05, 3.63) is 58.4 Å². The molecule has 3 heteroatoms. The molecule has 0 saturated heterocycles. The number of aromatic nitrogens is 2. The highest BCUT2D eigenvalue weighted by atomic mass is 16.3. The third-order valence-electron chi connectivity index (χ3n) is 3.58. The minimum absolute atomic E-state index is 0.522. The Labute approximate surface area is 120 Å². The summed E-state index contributed by atoms with van der Waals surface area (Å²) in [4.78, 5) is 0. The zero-order valence-electron chi connectivity index (χ0n) is 12.4. The highest BCUT2D eigenvalue weighted by molar-refractivity contribution is 5.28. The van der Waals surface area contributed by atoms with Crippen molar-refractivity contribution in [1.29, 1.82) is 0 Å². The van der Waals surface area contributed by atoms with Crippen LogP contribution in [0.3, 0.4) is 0 Å². The van der Waals surface area contributed by atoms with E-state index in [4.69, 9.17) is 0 Å². The SMILES string of the molecule is CCc1ccc(CC(O)c2cc(C)nnc2CC)cc1. The van der Waals surface area contributed by atoms with Crippen LogP contribution >= 0.6 is 0 Å². The van der Waals surface area contributed by atoms with Gasteiger partial charge < -0.3 is 5.11 Å². The smallest absolute Gasteiger partial charge is 0.0849 e. The molecule has 0 aliphatic rings. The summed E-state index contributed by atoms with van der Waals surface area (Å²) in [6, 6.07) is 10.4. The molecule has 0 amide bonds. The number of benzene rings is 1. The van der Waals surface area contributed by atoms with Gasteiger partial charge in [-0.05, 0) is 37.0 Å². The molecule has 20 heavy (non-hydrogen) atoms. The molecule has 1 unspecified atom stereocenters. The molecule has 106 valence electrons. The molecule has 0 saturated carbocycles. The lowest BCUT2D eigenvalue weighted by Crippen LogP contribution is -2.08. The van der Waals surface area contributed by atoms with Crippen molar-refractivity contribution in [3.8, 4) is 0 Å². The van der Waals surface area contributed by atoms with Gasteiger partial charge in [0.2, 0.25) is 0 Å². The Balaban J connectivity index is 2.18. The number of aliphatic hydroxyl groups excluding tert-OH is 1. The highest BCUT2D eigenvalue weighted by Crippen LogP contribution is 2.22. The zero-order chi connectivity index (χ0) is 14.5. The Morgan fingerprint density at radius 1 is 1.00 bits per heavy atom. The van der Waals surface area contributed by atoms with Gasteiger partial charge in [-0.15, -0.1) is 0 Å². The maximum atomic E-state index is 10.5. The van der Waals surface area contributed by atoms with Crippen LogP contribution < -0.4 is 0 Å². The molecule has 2 rings (SSSR count). The summed E-state index contributed by atoms with van der Waals surface area (Å²) < 4.78 is 0. The van der Waals surface area contributed by atoms with Crippen molar-refractivity contribution in [2.75, 3.05) is 0 Å². The maximum Gasteiger partial charge on any atom is 0.0849 e. The molecule has 0 spiro atoms. The van der Waals surface area contributed by atoms with Crippen molar-refractivity contribution < 1.29 is 5.11 Å². The monoisotopic (exact) mass is 270 g/mol. The normalized spacial score (nSPS) is 12.4. The average molecular weight is 270 g/mol. The van der Waals surface area contributed by atoms with Crippen molar-refractivity contribution in [2.24, 2.45) is 0 Å². The van der Waals surface area contributed by atoms with Crippen LogP contribution in [0.25, 0.3) is 0 Å². The number of nitrogens with zero attached hydrogens (tertiary/aromatic N) is 2. The molecule has 1 aromatic heterocycles. The van der Waals surface area contributed by atoms with Crippen LogP contribution in [0, 0.1) is 6.92 Å². The Hall–Kier alpha value is -1.74. The fraction of sp³-hybridized carbons (Fsp3) is 0.412. The van der Waals surface area contributed by atoms with Gasteiger partial charge in [-0.3, -0.25) is 0 Å². The van der Waals surface area contributed by atoms with Crippen LogP contribution in [0.5, 0.6) is 0 Å². The van der Waals surface area contributed by atoms with E-state index in [0.29, 0.717) is 6.42 Å². The third kappa shape index (κ3) is 3.42. The standard InChI is InChI=1S/C17H22N2O/c1-4-13-6-8-14(9-7-13)11-17(20)15-10-12(3)18-19-16(15)5-2/h6-10,17,20H,4-5,11H2,1-3H3. The van der Waals surface area contributed by atoms with E-state index in [1.807, 2.05) is 19.9 Å². The second-order valence-electron chi connectivity index (χ2n) is 5.13. The second-order valence-corrected chi connectivity index (χ2v) is 5.13. The summed E-state index contributed by atoms with van der Waals surface area (Å²) in [5.74, 6) is 0. The first kappa shape index (κ1) is 14.7. The third-order valence-corrected chi connectivity index (χ3v) is 3.58. The number of rotatable bonds is 5. The van der Waals surface area contributed by atoms with Gasteiger partial charge >= 0.3 is 0 Å². The Morgan fingerprint density at radius 2 is 1.65 bits per heavy atom. The molecule has 0 aliphatic heterocycles. The van der Waals surface area contributed by atoms with E-state index in [-0.39, 0.29) is 0 Å². The zero-order valence-corrected chi connectivity index (χ0v) is 12.4. The summed E-state index contributed by atoms with van der Waals surface area (Å²) in [6.07, 6.45) is 1.92. The lowest BCUT2D eigenvalue weighted by Gasteiger charge is -2.14. The predicted octanol–water partition coefficient (Wildman–Crippen LogP) is 3.19. The second kappa shape index (κ2) is 6.62. The Morgan fingerprint density at radius 3 is 2.25 bits per heavy atom. The summed E-state index contributed by atoms with van der Waals surface area (Å²) in [6.45, 7) is 6.08. The van der Waals surface area contributed by atoms with E-state index in [0.717, 1.165) is 35.4 Å². The van der Waals surface area contributed by atoms with Gasteiger partial charge in [0.05, 0.1) is 17.5 Å². The molecule has 3 nitrogen and oxygen atoms in total. The van der Waals surface area contributed by atoms with Crippen LogP contribution in [-0.2, 0) is 19.3 Å². The van der Waals surface area contributed by atoms with E-state index >= 15 is 0 Å². The van der Waals surface area contributed by atoms with E-state index in [1.165, 1.54) is 5.56 Å². The van der Waals surface area contributed by atoms with E-state index in [1.54, 1.807) is 0 Å². The molecule has 1 atom stereocenters. The molecular formula is C17H22N2O. The molecule has 1 N–H and O–H groups in total. The lowest BCUT2D eigenvalue weighted by molar-refractivity contribution is 0.176. The molecule has 1 heterocycles. The quantitative estimate of drug-likeness (QED) is 0.907. The predicted molar refractivity (Wildman–Crippen MR) is 80.6 cm³/mol.